The van der Waals surface area contributed by atoms with Gasteiger partial charge >= 0.3 is 0 Å². The fraction of sp³-hybridized carbons (Fsp3) is 0.167. The first-order valence-corrected chi connectivity index (χ1v) is 6.75. The van der Waals surface area contributed by atoms with E-state index in [-0.39, 0.29) is 5.78 Å². The van der Waals surface area contributed by atoms with E-state index in [9.17, 15) is 4.79 Å². The molecule has 0 saturated heterocycles. The topological polar surface area (TPSA) is 42.0 Å². The molecule has 0 aliphatic rings. The predicted octanol–water partition coefficient (Wildman–Crippen LogP) is 4.70. The number of halogens is 2. The zero-order valence-electron chi connectivity index (χ0n) is 9.75. The molecule has 0 radical (unpaired) electrons. The number of ketones is 1. The summed E-state index contributed by atoms with van der Waals surface area (Å²) in [6.45, 7) is 3.33. The average Bonchev–Trinajstić information content (AvgIpc) is 2.64. The molecule has 2 aromatic rings. The molecule has 0 aliphatic carbocycles. The van der Waals surface area contributed by atoms with Crippen molar-refractivity contribution in [2.45, 2.75) is 13.8 Å². The number of rotatable bonds is 3. The smallest absolute Gasteiger partial charge is 0.188 e. The Morgan fingerprint density at radius 1 is 1.39 bits per heavy atom. The highest BCUT2D eigenvalue weighted by Gasteiger charge is 2.12. The third-order valence-electron chi connectivity index (χ3n) is 2.29. The highest BCUT2D eigenvalue weighted by Crippen LogP contribution is 2.31. The molecule has 1 aromatic heterocycles. The van der Waals surface area contributed by atoms with Crippen LogP contribution < -0.4 is 5.32 Å². The maximum atomic E-state index is 11.3. The molecule has 0 spiro atoms. The number of carbonyl (C=O) groups is 1. The molecule has 2 rings (SSSR count). The zero-order chi connectivity index (χ0) is 13.3. The van der Waals surface area contributed by atoms with Crippen LogP contribution in [0.15, 0.2) is 18.2 Å². The molecule has 0 saturated carbocycles. The first-order chi connectivity index (χ1) is 8.47. The Morgan fingerprint density at radius 2 is 2.11 bits per heavy atom. The maximum absolute atomic E-state index is 11.3. The van der Waals surface area contributed by atoms with E-state index in [1.165, 1.54) is 18.3 Å². The molecular formula is C12H10Cl2N2OS. The van der Waals surface area contributed by atoms with Crippen molar-refractivity contribution in [1.29, 1.82) is 0 Å². The second kappa shape index (κ2) is 5.26. The number of hydrogen-bond acceptors (Lipinski definition) is 4. The van der Waals surface area contributed by atoms with E-state index in [1.807, 2.05) is 6.92 Å². The molecule has 18 heavy (non-hydrogen) atoms. The van der Waals surface area contributed by atoms with Crippen LogP contribution in [0.5, 0.6) is 0 Å². The Labute approximate surface area is 119 Å². The summed E-state index contributed by atoms with van der Waals surface area (Å²) >= 11 is 13.2. The number of aryl methyl sites for hydroxylation is 1. The summed E-state index contributed by atoms with van der Waals surface area (Å²) in [5.41, 5.74) is 1.44. The largest absolute Gasteiger partial charge is 0.330 e. The quantitative estimate of drug-likeness (QED) is 0.835. The fourth-order valence-electron chi connectivity index (χ4n) is 1.48. The van der Waals surface area contributed by atoms with Gasteiger partial charge in [0, 0.05) is 11.9 Å². The van der Waals surface area contributed by atoms with Crippen LogP contribution >= 0.6 is 34.5 Å². The highest BCUT2D eigenvalue weighted by molar-refractivity contribution is 7.17. The van der Waals surface area contributed by atoms with Crippen molar-refractivity contribution in [3.05, 3.63) is 38.8 Å². The van der Waals surface area contributed by atoms with E-state index >= 15 is 0 Å². The van der Waals surface area contributed by atoms with Gasteiger partial charge in [-0.25, -0.2) is 4.98 Å². The van der Waals surface area contributed by atoms with Gasteiger partial charge in [-0.15, -0.1) is 0 Å². The SMILES string of the molecule is CC(=O)c1sc(Nc2ccc(Cl)cc2Cl)nc1C. The first kappa shape index (κ1) is 13.3. The van der Waals surface area contributed by atoms with Crippen LogP contribution in [0.1, 0.15) is 22.3 Å². The summed E-state index contributed by atoms with van der Waals surface area (Å²) in [5, 5.41) is 4.81. The number of hydrogen-bond donors (Lipinski definition) is 1. The van der Waals surface area contributed by atoms with Gasteiger partial charge in [-0.05, 0) is 25.1 Å². The zero-order valence-corrected chi connectivity index (χ0v) is 12.1. The molecule has 0 atom stereocenters. The van der Waals surface area contributed by atoms with E-state index in [4.69, 9.17) is 23.2 Å². The monoisotopic (exact) mass is 300 g/mol. The van der Waals surface area contributed by atoms with Crippen LogP contribution in [0.4, 0.5) is 10.8 Å². The summed E-state index contributed by atoms with van der Waals surface area (Å²) < 4.78 is 0. The molecule has 6 heteroatoms. The van der Waals surface area contributed by atoms with Crippen molar-refractivity contribution in [2.75, 3.05) is 5.32 Å². The number of Topliss-reactive ketones (excluding diaryl/α,β-unsaturated/α-hetero) is 1. The number of aromatic nitrogens is 1. The summed E-state index contributed by atoms with van der Waals surface area (Å²) in [4.78, 5) is 16.3. The maximum Gasteiger partial charge on any atom is 0.188 e. The second-order valence-corrected chi connectivity index (χ2v) is 5.58. The normalized spacial score (nSPS) is 10.4. The Kier molecular flexibility index (Phi) is 3.90. The Morgan fingerprint density at radius 3 is 2.67 bits per heavy atom. The van der Waals surface area contributed by atoms with Crippen molar-refractivity contribution >= 4 is 51.1 Å². The van der Waals surface area contributed by atoms with E-state index in [0.717, 1.165) is 5.69 Å². The molecule has 0 unspecified atom stereocenters. The van der Waals surface area contributed by atoms with Crippen LogP contribution in [0.25, 0.3) is 0 Å². The molecule has 0 fully saturated rings. The van der Waals surface area contributed by atoms with Crippen molar-refractivity contribution in [3.8, 4) is 0 Å². The summed E-state index contributed by atoms with van der Waals surface area (Å²) in [6.07, 6.45) is 0. The van der Waals surface area contributed by atoms with Crippen molar-refractivity contribution in [3.63, 3.8) is 0 Å². The Bertz CT molecular complexity index is 610. The van der Waals surface area contributed by atoms with Gasteiger partial charge in [0.15, 0.2) is 10.9 Å². The number of anilines is 2. The lowest BCUT2D eigenvalue weighted by Crippen LogP contribution is -1.90. The number of benzene rings is 1. The standard InChI is InChI=1S/C12H10Cl2N2OS/c1-6-11(7(2)17)18-12(15-6)16-10-4-3-8(13)5-9(10)14/h3-5H,1-2H3,(H,15,16). The molecule has 1 aromatic carbocycles. The number of nitrogens with zero attached hydrogens (tertiary/aromatic N) is 1. The van der Waals surface area contributed by atoms with Gasteiger partial charge in [0.1, 0.15) is 0 Å². The molecule has 1 heterocycles. The molecule has 0 bridgehead atoms. The third-order valence-corrected chi connectivity index (χ3v) is 4.01. The number of nitrogens with one attached hydrogen (secondary N) is 1. The molecular weight excluding hydrogens is 291 g/mol. The van der Waals surface area contributed by atoms with Gasteiger partial charge < -0.3 is 5.32 Å². The van der Waals surface area contributed by atoms with Gasteiger partial charge in [-0.3, -0.25) is 4.79 Å². The molecule has 3 nitrogen and oxygen atoms in total. The van der Waals surface area contributed by atoms with Crippen molar-refractivity contribution < 1.29 is 4.79 Å². The van der Waals surface area contributed by atoms with Crippen LogP contribution in [0, 0.1) is 6.92 Å². The Hall–Kier alpha value is -1.10. The van der Waals surface area contributed by atoms with Gasteiger partial charge in [0.25, 0.3) is 0 Å². The van der Waals surface area contributed by atoms with Crippen molar-refractivity contribution in [2.24, 2.45) is 0 Å². The van der Waals surface area contributed by atoms with E-state index in [1.54, 1.807) is 18.2 Å². The lowest BCUT2D eigenvalue weighted by Gasteiger charge is -2.04. The minimum Gasteiger partial charge on any atom is -0.330 e. The summed E-state index contributed by atoms with van der Waals surface area (Å²) in [6, 6.07) is 5.16. The minimum atomic E-state index is 0.0141. The number of carbonyl (C=O) groups excluding carboxylic acids is 1. The fourth-order valence-corrected chi connectivity index (χ4v) is 2.81. The van der Waals surface area contributed by atoms with Gasteiger partial charge in [-0.1, -0.05) is 34.5 Å². The molecule has 0 aliphatic heterocycles. The van der Waals surface area contributed by atoms with E-state index in [2.05, 4.69) is 10.3 Å². The van der Waals surface area contributed by atoms with Gasteiger partial charge in [0.2, 0.25) is 0 Å². The predicted molar refractivity (Wildman–Crippen MR) is 76.6 cm³/mol. The third kappa shape index (κ3) is 2.83. The summed E-state index contributed by atoms with van der Waals surface area (Å²) in [7, 11) is 0. The lowest BCUT2D eigenvalue weighted by atomic mass is 10.3. The van der Waals surface area contributed by atoms with Crippen LogP contribution in [0.2, 0.25) is 10.0 Å². The number of thiazole rings is 1. The van der Waals surface area contributed by atoms with E-state index < -0.39 is 0 Å². The van der Waals surface area contributed by atoms with Gasteiger partial charge in [0.05, 0.1) is 21.3 Å². The van der Waals surface area contributed by atoms with Crippen LogP contribution in [0.3, 0.4) is 0 Å². The van der Waals surface area contributed by atoms with E-state index in [0.29, 0.717) is 25.7 Å². The molecule has 1 N–H and O–H groups in total. The molecule has 94 valence electrons. The second-order valence-electron chi connectivity index (χ2n) is 3.74. The van der Waals surface area contributed by atoms with Crippen molar-refractivity contribution in [1.82, 2.24) is 4.98 Å². The highest BCUT2D eigenvalue weighted by atomic mass is 35.5. The average molecular weight is 301 g/mol. The minimum absolute atomic E-state index is 0.0141. The van der Waals surface area contributed by atoms with Crippen LogP contribution in [-0.2, 0) is 0 Å². The summed E-state index contributed by atoms with van der Waals surface area (Å²) in [5.74, 6) is 0.0141. The van der Waals surface area contributed by atoms with Gasteiger partial charge in [-0.2, -0.15) is 0 Å². The Balaban J connectivity index is 2.29. The lowest BCUT2D eigenvalue weighted by molar-refractivity contribution is 0.102. The van der Waals surface area contributed by atoms with Crippen LogP contribution in [-0.4, -0.2) is 10.8 Å². The molecule has 0 amide bonds. The first-order valence-electron chi connectivity index (χ1n) is 5.18.